The quantitative estimate of drug-likeness (QED) is 0.682. The highest BCUT2D eigenvalue weighted by atomic mass is 16.2. The number of carbonyl (C=O) groups is 1. The van der Waals surface area contributed by atoms with E-state index in [1.54, 1.807) is 0 Å². The van der Waals surface area contributed by atoms with Crippen molar-refractivity contribution in [1.82, 2.24) is 10.2 Å². The van der Waals surface area contributed by atoms with Crippen LogP contribution in [0.5, 0.6) is 0 Å². The van der Waals surface area contributed by atoms with Crippen molar-refractivity contribution in [1.29, 1.82) is 0 Å². The maximum absolute atomic E-state index is 12.4. The van der Waals surface area contributed by atoms with E-state index < -0.39 is 0 Å². The van der Waals surface area contributed by atoms with E-state index in [4.69, 9.17) is 5.73 Å². The molecule has 4 nitrogen and oxygen atoms in total. The Bertz CT molecular complexity index is 277. The number of nitrogens with two attached hydrogens (primary N) is 1. The summed E-state index contributed by atoms with van der Waals surface area (Å²) in [5.41, 5.74) is 5.64. The molecule has 0 aromatic heterocycles. The molecule has 118 valence electrons. The highest BCUT2D eigenvalue weighted by molar-refractivity contribution is 5.81. The van der Waals surface area contributed by atoms with Gasteiger partial charge in [0.15, 0.2) is 0 Å². The summed E-state index contributed by atoms with van der Waals surface area (Å²) in [7, 11) is 0. The molecule has 0 bridgehead atoms. The minimum Gasteiger partial charge on any atom is -0.352 e. The fourth-order valence-electron chi connectivity index (χ4n) is 3.22. The molecule has 0 aromatic carbocycles. The van der Waals surface area contributed by atoms with Gasteiger partial charge in [-0.1, -0.05) is 26.2 Å². The molecule has 1 saturated carbocycles. The molecule has 1 aliphatic carbocycles. The number of carbonyl (C=O) groups excluding carboxylic acids is 1. The second-order valence-electron chi connectivity index (χ2n) is 6.19. The molecule has 2 unspecified atom stereocenters. The molecule has 1 fully saturated rings. The van der Waals surface area contributed by atoms with Gasteiger partial charge in [0.2, 0.25) is 5.91 Å². The van der Waals surface area contributed by atoms with Crippen molar-refractivity contribution in [3.63, 3.8) is 0 Å². The number of nitrogens with zero attached hydrogens (tertiary/aromatic N) is 1. The lowest BCUT2D eigenvalue weighted by atomic mass is 10.1. The fourth-order valence-corrected chi connectivity index (χ4v) is 3.22. The van der Waals surface area contributed by atoms with Crippen LogP contribution in [0.2, 0.25) is 0 Å². The summed E-state index contributed by atoms with van der Waals surface area (Å²) in [6.45, 7) is 7.93. The maximum atomic E-state index is 12.4. The molecule has 3 N–H and O–H groups in total. The van der Waals surface area contributed by atoms with Crippen molar-refractivity contribution < 1.29 is 4.79 Å². The van der Waals surface area contributed by atoms with Crippen molar-refractivity contribution in [3.05, 3.63) is 0 Å². The van der Waals surface area contributed by atoms with E-state index in [9.17, 15) is 4.79 Å². The van der Waals surface area contributed by atoms with E-state index in [1.165, 1.54) is 25.7 Å². The van der Waals surface area contributed by atoms with Gasteiger partial charge >= 0.3 is 0 Å². The molecule has 1 amide bonds. The molecule has 0 saturated heterocycles. The number of rotatable bonds is 9. The van der Waals surface area contributed by atoms with Crippen molar-refractivity contribution in [2.75, 3.05) is 13.1 Å². The van der Waals surface area contributed by atoms with Crippen LogP contribution in [0.25, 0.3) is 0 Å². The first kappa shape index (κ1) is 17.4. The zero-order valence-corrected chi connectivity index (χ0v) is 13.5. The smallest absolute Gasteiger partial charge is 0.237 e. The van der Waals surface area contributed by atoms with Gasteiger partial charge in [0.25, 0.3) is 0 Å². The van der Waals surface area contributed by atoms with Gasteiger partial charge in [0.1, 0.15) is 0 Å². The highest BCUT2D eigenvalue weighted by Gasteiger charge is 2.29. The summed E-state index contributed by atoms with van der Waals surface area (Å²) in [6.07, 6.45) is 8.17. The summed E-state index contributed by atoms with van der Waals surface area (Å²) in [6, 6.07) is 0.808. The minimum atomic E-state index is -0.0380. The molecule has 20 heavy (non-hydrogen) atoms. The third-order valence-corrected chi connectivity index (χ3v) is 4.40. The number of hydrogen-bond acceptors (Lipinski definition) is 3. The van der Waals surface area contributed by atoms with Crippen LogP contribution in [0.4, 0.5) is 0 Å². The fraction of sp³-hybridized carbons (Fsp3) is 0.938. The van der Waals surface area contributed by atoms with E-state index in [1.807, 2.05) is 6.92 Å². The van der Waals surface area contributed by atoms with Crippen LogP contribution < -0.4 is 11.1 Å². The van der Waals surface area contributed by atoms with E-state index in [0.29, 0.717) is 12.6 Å². The van der Waals surface area contributed by atoms with Crippen LogP contribution in [0.15, 0.2) is 0 Å². The van der Waals surface area contributed by atoms with Crippen molar-refractivity contribution in [2.45, 2.75) is 83.8 Å². The summed E-state index contributed by atoms with van der Waals surface area (Å²) < 4.78 is 0. The lowest BCUT2D eigenvalue weighted by Crippen LogP contribution is -2.51. The monoisotopic (exact) mass is 283 g/mol. The van der Waals surface area contributed by atoms with Crippen LogP contribution in [0.3, 0.4) is 0 Å². The molecule has 0 spiro atoms. The average molecular weight is 283 g/mol. The van der Waals surface area contributed by atoms with Crippen molar-refractivity contribution in [2.24, 2.45) is 5.73 Å². The van der Waals surface area contributed by atoms with E-state index in [2.05, 4.69) is 24.1 Å². The normalized spacial score (nSPS) is 19.2. The molecular weight excluding hydrogens is 250 g/mol. The first-order valence-corrected chi connectivity index (χ1v) is 8.36. The van der Waals surface area contributed by atoms with Gasteiger partial charge in [-0.3, -0.25) is 9.69 Å². The van der Waals surface area contributed by atoms with Gasteiger partial charge in [-0.25, -0.2) is 0 Å². The molecule has 0 heterocycles. The number of nitrogens with one attached hydrogen (secondary N) is 1. The Balaban J connectivity index is 2.56. The second kappa shape index (κ2) is 9.35. The Labute approximate surface area is 124 Å². The van der Waals surface area contributed by atoms with Crippen LogP contribution in [0.1, 0.15) is 65.7 Å². The lowest BCUT2D eigenvalue weighted by molar-refractivity contribution is -0.127. The Morgan fingerprint density at radius 3 is 2.55 bits per heavy atom. The molecule has 1 rings (SSSR count). The Morgan fingerprint density at radius 2 is 2.00 bits per heavy atom. The van der Waals surface area contributed by atoms with Crippen molar-refractivity contribution >= 4 is 5.91 Å². The minimum absolute atomic E-state index is 0.0380. The molecule has 0 radical (unpaired) electrons. The average Bonchev–Trinajstić information content (AvgIpc) is 2.93. The summed E-state index contributed by atoms with van der Waals surface area (Å²) in [5, 5.41) is 3.15. The van der Waals surface area contributed by atoms with Gasteiger partial charge in [0, 0.05) is 18.6 Å². The Morgan fingerprint density at radius 1 is 1.35 bits per heavy atom. The first-order chi connectivity index (χ1) is 9.60. The SMILES string of the molecule is CCCC(C)NC(=O)C(C)N(CCCN)C1CCCC1. The molecule has 1 aliphatic rings. The zero-order chi connectivity index (χ0) is 15.0. The standard InChI is InChI=1S/C16H33N3O/c1-4-8-13(2)18-16(20)14(3)19(12-7-11-17)15-9-5-6-10-15/h13-15H,4-12,17H2,1-3H3,(H,18,20). The Hall–Kier alpha value is -0.610. The third-order valence-electron chi connectivity index (χ3n) is 4.40. The van der Waals surface area contributed by atoms with Crippen LogP contribution in [0, 0.1) is 0 Å². The second-order valence-corrected chi connectivity index (χ2v) is 6.19. The first-order valence-electron chi connectivity index (χ1n) is 8.36. The van der Waals surface area contributed by atoms with Gasteiger partial charge in [-0.2, -0.15) is 0 Å². The molecule has 0 aromatic rings. The molecule has 0 aliphatic heterocycles. The molecule has 4 heteroatoms. The Kier molecular flexibility index (Phi) is 8.15. The molecular formula is C16H33N3O. The predicted octanol–water partition coefficient (Wildman–Crippen LogP) is 2.27. The largest absolute Gasteiger partial charge is 0.352 e. The molecule has 2 atom stereocenters. The zero-order valence-electron chi connectivity index (χ0n) is 13.5. The summed E-state index contributed by atoms with van der Waals surface area (Å²) >= 11 is 0. The topological polar surface area (TPSA) is 58.4 Å². The number of amides is 1. The predicted molar refractivity (Wildman–Crippen MR) is 84.6 cm³/mol. The van der Waals surface area contributed by atoms with Crippen LogP contribution in [-0.2, 0) is 4.79 Å². The van der Waals surface area contributed by atoms with E-state index in [-0.39, 0.29) is 18.0 Å². The summed E-state index contributed by atoms with van der Waals surface area (Å²) in [5.74, 6) is 0.176. The lowest BCUT2D eigenvalue weighted by Gasteiger charge is -2.34. The van der Waals surface area contributed by atoms with Crippen molar-refractivity contribution in [3.8, 4) is 0 Å². The van der Waals surface area contributed by atoms with Crippen LogP contribution >= 0.6 is 0 Å². The maximum Gasteiger partial charge on any atom is 0.237 e. The number of hydrogen-bond donors (Lipinski definition) is 2. The van der Waals surface area contributed by atoms with E-state index >= 15 is 0 Å². The van der Waals surface area contributed by atoms with Gasteiger partial charge in [0.05, 0.1) is 6.04 Å². The third kappa shape index (κ3) is 5.41. The van der Waals surface area contributed by atoms with Crippen LogP contribution in [-0.4, -0.2) is 42.0 Å². The highest BCUT2D eigenvalue weighted by Crippen LogP contribution is 2.25. The van der Waals surface area contributed by atoms with Gasteiger partial charge < -0.3 is 11.1 Å². The van der Waals surface area contributed by atoms with Gasteiger partial charge in [-0.15, -0.1) is 0 Å². The van der Waals surface area contributed by atoms with E-state index in [0.717, 1.165) is 25.8 Å². The van der Waals surface area contributed by atoms with Gasteiger partial charge in [-0.05, 0) is 46.1 Å². The summed E-state index contributed by atoms with van der Waals surface area (Å²) in [4.78, 5) is 14.8.